The van der Waals surface area contributed by atoms with Gasteiger partial charge in [-0.1, -0.05) is 37.8 Å². The molecule has 0 atom stereocenters. The van der Waals surface area contributed by atoms with Crippen LogP contribution in [0.5, 0.6) is 0 Å². The lowest BCUT2D eigenvalue weighted by atomic mass is 9.72. The van der Waals surface area contributed by atoms with E-state index < -0.39 is 0 Å². The molecule has 3 nitrogen and oxygen atoms in total. The quantitative estimate of drug-likeness (QED) is 0.761. The highest BCUT2D eigenvalue weighted by Gasteiger charge is 2.40. The fraction of sp³-hybridized carbons (Fsp3) is 0.700. The predicted octanol–water partition coefficient (Wildman–Crippen LogP) is 3.62. The first kappa shape index (κ1) is 20.1. The summed E-state index contributed by atoms with van der Waals surface area (Å²) < 4.78 is 0. The first-order valence-electron chi connectivity index (χ1n) is 9.21. The van der Waals surface area contributed by atoms with Gasteiger partial charge in [0.05, 0.1) is 0 Å². The summed E-state index contributed by atoms with van der Waals surface area (Å²) in [6, 6.07) is 0.456. The maximum absolute atomic E-state index is 6.03. The van der Waals surface area contributed by atoms with Crippen molar-refractivity contribution in [3.8, 4) is 0 Å². The molecule has 0 aromatic carbocycles. The Balaban J connectivity index is 0.000000593. The minimum absolute atomic E-state index is 0.456. The second-order valence-corrected chi connectivity index (χ2v) is 7.06. The van der Waals surface area contributed by atoms with E-state index in [0.29, 0.717) is 11.5 Å². The van der Waals surface area contributed by atoms with Gasteiger partial charge in [0.1, 0.15) is 0 Å². The molecule has 1 saturated heterocycles. The van der Waals surface area contributed by atoms with Crippen molar-refractivity contribution in [2.45, 2.75) is 58.4 Å². The van der Waals surface area contributed by atoms with Crippen LogP contribution in [-0.2, 0) is 0 Å². The van der Waals surface area contributed by atoms with Crippen LogP contribution >= 0.6 is 0 Å². The number of hydrogen-bond acceptors (Lipinski definition) is 3. The Morgan fingerprint density at radius 2 is 1.96 bits per heavy atom. The number of allylic oxidation sites excluding steroid dienone is 3. The van der Waals surface area contributed by atoms with E-state index in [-0.39, 0.29) is 0 Å². The maximum atomic E-state index is 6.03. The molecule has 0 bridgehead atoms. The Labute approximate surface area is 143 Å². The summed E-state index contributed by atoms with van der Waals surface area (Å²) in [6.07, 6.45) is 15.9. The molecule has 132 valence electrons. The average Bonchev–Trinajstić information content (AvgIpc) is 2.97. The largest absolute Gasteiger partial charge is 0.330 e. The van der Waals surface area contributed by atoms with E-state index in [1.165, 1.54) is 50.8 Å². The highest BCUT2D eigenvalue weighted by Crippen LogP contribution is 2.43. The summed E-state index contributed by atoms with van der Waals surface area (Å²) in [4.78, 5) is 2.59. The van der Waals surface area contributed by atoms with Crippen LogP contribution in [0.1, 0.15) is 52.4 Å². The Morgan fingerprint density at radius 1 is 1.30 bits per heavy atom. The first-order chi connectivity index (χ1) is 11.1. The molecule has 0 radical (unpaired) electrons. The second kappa shape index (κ2) is 10.8. The van der Waals surface area contributed by atoms with Crippen LogP contribution in [0, 0.1) is 5.41 Å². The number of nitrogens with two attached hydrogens (primary N) is 2. The zero-order chi connectivity index (χ0) is 17.1. The summed E-state index contributed by atoms with van der Waals surface area (Å²) in [5.74, 6) is 0. The van der Waals surface area contributed by atoms with Gasteiger partial charge in [-0.25, -0.2) is 0 Å². The van der Waals surface area contributed by atoms with Crippen molar-refractivity contribution in [2.24, 2.45) is 16.9 Å². The molecule has 0 aromatic rings. The lowest BCUT2D eigenvalue weighted by molar-refractivity contribution is 0.177. The van der Waals surface area contributed by atoms with Crippen molar-refractivity contribution in [1.29, 1.82) is 0 Å². The van der Waals surface area contributed by atoms with Crippen LogP contribution in [0.3, 0.4) is 0 Å². The molecule has 0 aromatic heterocycles. The summed E-state index contributed by atoms with van der Waals surface area (Å²) >= 11 is 0. The monoisotopic (exact) mass is 319 g/mol. The van der Waals surface area contributed by atoms with E-state index in [2.05, 4.69) is 36.6 Å². The highest BCUT2D eigenvalue weighted by atomic mass is 15.2. The molecule has 4 N–H and O–H groups in total. The third-order valence-corrected chi connectivity index (χ3v) is 5.07. The Hall–Kier alpha value is -0.900. The van der Waals surface area contributed by atoms with Gasteiger partial charge >= 0.3 is 0 Å². The standard InChI is InChI=1S/C17H28N2.C3H9N/c1-3-5-6-15(4-2)13-19-12-11-17(14-19)9-7-16(18)8-10-17;1-2-3-4/h3-6,16H,2,7-14,18H2,1H3;2-4H2,1H3/b5-3-,15-6+;. The van der Waals surface area contributed by atoms with Gasteiger partial charge in [-0.05, 0) is 69.5 Å². The molecule has 2 rings (SSSR count). The second-order valence-electron chi connectivity index (χ2n) is 7.06. The van der Waals surface area contributed by atoms with Crippen molar-refractivity contribution in [3.05, 3.63) is 36.5 Å². The molecule has 1 aliphatic carbocycles. The number of rotatable bonds is 5. The number of hydrogen-bond donors (Lipinski definition) is 2. The summed E-state index contributed by atoms with van der Waals surface area (Å²) in [7, 11) is 0. The molecular formula is C20H37N3. The van der Waals surface area contributed by atoms with Gasteiger partial charge in [-0.15, -0.1) is 0 Å². The van der Waals surface area contributed by atoms with Crippen molar-refractivity contribution in [2.75, 3.05) is 26.2 Å². The Kier molecular flexibility index (Phi) is 9.46. The molecule has 2 aliphatic rings. The Bertz CT molecular complexity index is 388. The van der Waals surface area contributed by atoms with E-state index in [1.54, 1.807) is 0 Å². The van der Waals surface area contributed by atoms with Crippen LogP contribution in [0.2, 0.25) is 0 Å². The lowest BCUT2D eigenvalue weighted by Crippen LogP contribution is -2.36. The Morgan fingerprint density at radius 3 is 2.48 bits per heavy atom. The van der Waals surface area contributed by atoms with Gasteiger partial charge in [0.2, 0.25) is 0 Å². The minimum atomic E-state index is 0.456. The van der Waals surface area contributed by atoms with Crippen LogP contribution in [0.4, 0.5) is 0 Å². The summed E-state index contributed by atoms with van der Waals surface area (Å²) in [5, 5.41) is 0. The van der Waals surface area contributed by atoms with Crippen molar-refractivity contribution >= 4 is 0 Å². The van der Waals surface area contributed by atoms with Crippen LogP contribution in [0.15, 0.2) is 36.5 Å². The van der Waals surface area contributed by atoms with Crippen LogP contribution in [0.25, 0.3) is 0 Å². The maximum Gasteiger partial charge on any atom is 0.0233 e. The first-order valence-corrected chi connectivity index (χ1v) is 9.21. The molecule has 0 unspecified atom stereocenters. The normalized spacial score (nSPS) is 28.9. The van der Waals surface area contributed by atoms with Gasteiger partial charge in [0.15, 0.2) is 0 Å². The fourth-order valence-corrected chi connectivity index (χ4v) is 3.49. The van der Waals surface area contributed by atoms with E-state index in [1.807, 2.05) is 13.0 Å². The van der Waals surface area contributed by atoms with Gasteiger partial charge < -0.3 is 11.5 Å². The van der Waals surface area contributed by atoms with Crippen LogP contribution in [-0.4, -0.2) is 37.1 Å². The lowest BCUT2D eigenvalue weighted by Gasteiger charge is -2.36. The third kappa shape index (κ3) is 7.03. The van der Waals surface area contributed by atoms with Gasteiger partial charge in [0.25, 0.3) is 0 Å². The average molecular weight is 320 g/mol. The number of likely N-dealkylation sites (tertiary alicyclic amines) is 1. The molecule has 1 aliphatic heterocycles. The molecule has 3 heteroatoms. The fourth-order valence-electron chi connectivity index (χ4n) is 3.49. The molecule has 2 fully saturated rings. The van der Waals surface area contributed by atoms with Gasteiger partial charge in [-0.2, -0.15) is 0 Å². The molecular weight excluding hydrogens is 282 g/mol. The van der Waals surface area contributed by atoms with E-state index in [9.17, 15) is 0 Å². The van der Waals surface area contributed by atoms with Crippen molar-refractivity contribution in [3.63, 3.8) is 0 Å². The highest BCUT2D eigenvalue weighted by molar-refractivity contribution is 5.23. The zero-order valence-electron chi connectivity index (χ0n) is 15.3. The van der Waals surface area contributed by atoms with E-state index in [0.717, 1.165) is 19.5 Å². The van der Waals surface area contributed by atoms with Crippen molar-refractivity contribution in [1.82, 2.24) is 4.90 Å². The van der Waals surface area contributed by atoms with E-state index >= 15 is 0 Å². The van der Waals surface area contributed by atoms with Gasteiger partial charge in [-0.3, -0.25) is 4.90 Å². The topological polar surface area (TPSA) is 55.3 Å². The molecule has 1 spiro atoms. The molecule has 23 heavy (non-hydrogen) atoms. The van der Waals surface area contributed by atoms with Crippen molar-refractivity contribution < 1.29 is 0 Å². The molecule has 1 saturated carbocycles. The number of nitrogens with zero attached hydrogens (tertiary/aromatic N) is 1. The minimum Gasteiger partial charge on any atom is -0.330 e. The third-order valence-electron chi connectivity index (χ3n) is 5.07. The zero-order valence-corrected chi connectivity index (χ0v) is 15.3. The molecule has 1 heterocycles. The molecule has 0 amide bonds. The summed E-state index contributed by atoms with van der Waals surface area (Å²) in [6.45, 7) is 12.4. The van der Waals surface area contributed by atoms with Gasteiger partial charge in [0, 0.05) is 19.1 Å². The predicted molar refractivity (Wildman–Crippen MR) is 102 cm³/mol. The summed E-state index contributed by atoms with van der Waals surface area (Å²) in [5.41, 5.74) is 13.0. The SMILES string of the molecule is C=C/C(=C\C=C/C)CN1CCC2(CCC(N)CC2)C1.CCCN. The van der Waals surface area contributed by atoms with Crippen LogP contribution < -0.4 is 11.5 Å². The van der Waals surface area contributed by atoms with E-state index in [4.69, 9.17) is 11.5 Å². The smallest absolute Gasteiger partial charge is 0.0233 e.